The molecular weight excluding hydrogens is 170 g/mol. The Morgan fingerprint density at radius 2 is 2.23 bits per heavy atom. The summed E-state index contributed by atoms with van der Waals surface area (Å²) >= 11 is 0. The summed E-state index contributed by atoms with van der Waals surface area (Å²) in [6.45, 7) is 4.78. The molecule has 4 nitrogen and oxygen atoms in total. The Bertz CT molecular complexity index is 189. The van der Waals surface area contributed by atoms with Gasteiger partial charge >= 0.3 is 5.97 Å². The van der Waals surface area contributed by atoms with Crippen LogP contribution >= 0.6 is 0 Å². The van der Waals surface area contributed by atoms with Crippen LogP contribution in [0.3, 0.4) is 0 Å². The first-order chi connectivity index (χ1) is 6.08. The second kappa shape index (κ2) is 4.07. The summed E-state index contributed by atoms with van der Waals surface area (Å²) in [6, 6.07) is 0. The predicted molar refractivity (Wildman–Crippen MR) is 48.2 cm³/mol. The summed E-state index contributed by atoms with van der Waals surface area (Å²) in [7, 11) is 0. The van der Waals surface area contributed by atoms with Crippen LogP contribution in [-0.2, 0) is 14.3 Å². The van der Waals surface area contributed by atoms with Crippen molar-refractivity contribution < 1.29 is 14.3 Å². The molecule has 0 aliphatic heterocycles. The molecule has 0 radical (unpaired) electrons. The van der Waals surface area contributed by atoms with Gasteiger partial charge in [-0.1, -0.05) is 0 Å². The third kappa shape index (κ3) is 2.97. The minimum Gasteiger partial charge on any atom is -0.459 e. The van der Waals surface area contributed by atoms with Gasteiger partial charge in [0.05, 0.1) is 6.61 Å². The van der Waals surface area contributed by atoms with Crippen LogP contribution in [0.5, 0.6) is 0 Å². The van der Waals surface area contributed by atoms with E-state index in [4.69, 9.17) is 15.2 Å². The minimum atomic E-state index is -0.680. The standard InChI is InChI=1S/C9H17NO3/c1-3-12-6-7(2)13-8(11)9(10)4-5-9/h7H,3-6,10H2,1-2H3. The molecule has 1 saturated carbocycles. The van der Waals surface area contributed by atoms with Crippen molar-refractivity contribution in [3.8, 4) is 0 Å². The largest absolute Gasteiger partial charge is 0.459 e. The number of hydrogen-bond acceptors (Lipinski definition) is 4. The van der Waals surface area contributed by atoms with Gasteiger partial charge in [-0.15, -0.1) is 0 Å². The monoisotopic (exact) mass is 187 g/mol. The van der Waals surface area contributed by atoms with Gasteiger partial charge in [-0.3, -0.25) is 4.79 Å². The van der Waals surface area contributed by atoms with Gasteiger partial charge < -0.3 is 15.2 Å². The maximum absolute atomic E-state index is 11.3. The third-order valence-electron chi connectivity index (χ3n) is 2.06. The topological polar surface area (TPSA) is 61.5 Å². The van der Waals surface area contributed by atoms with E-state index < -0.39 is 5.54 Å². The molecule has 2 N–H and O–H groups in total. The number of esters is 1. The molecule has 13 heavy (non-hydrogen) atoms. The van der Waals surface area contributed by atoms with Gasteiger partial charge in [0.2, 0.25) is 0 Å². The van der Waals surface area contributed by atoms with Gasteiger partial charge in [0.15, 0.2) is 0 Å². The van der Waals surface area contributed by atoms with Gasteiger partial charge in [0.25, 0.3) is 0 Å². The first-order valence-corrected chi connectivity index (χ1v) is 4.66. The SMILES string of the molecule is CCOCC(C)OC(=O)C1(N)CC1. The summed E-state index contributed by atoms with van der Waals surface area (Å²) in [5.41, 5.74) is 4.97. The molecule has 4 heteroatoms. The maximum atomic E-state index is 11.3. The molecule has 0 bridgehead atoms. The highest BCUT2D eigenvalue weighted by Gasteiger charge is 2.48. The molecule has 1 fully saturated rings. The lowest BCUT2D eigenvalue weighted by Crippen LogP contribution is -2.37. The fourth-order valence-electron chi connectivity index (χ4n) is 0.957. The Kier molecular flexibility index (Phi) is 3.27. The predicted octanol–water partition coefficient (Wildman–Crippen LogP) is 0.446. The van der Waals surface area contributed by atoms with E-state index in [1.54, 1.807) is 6.92 Å². The molecule has 0 spiro atoms. The highest BCUT2D eigenvalue weighted by Crippen LogP contribution is 2.33. The Balaban J connectivity index is 2.19. The molecule has 1 aliphatic carbocycles. The van der Waals surface area contributed by atoms with Crippen LogP contribution in [0.1, 0.15) is 26.7 Å². The van der Waals surface area contributed by atoms with Crippen molar-refractivity contribution in [2.45, 2.75) is 38.3 Å². The lowest BCUT2D eigenvalue weighted by atomic mass is 10.3. The minimum absolute atomic E-state index is 0.200. The van der Waals surface area contributed by atoms with E-state index in [0.29, 0.717) is 13.2 Å². The summed E-state index contributed by atoms with van der Waals surface area (Å²) in [6.07, 6.45) is 1.29. The summed E-state index contributed by atoms with van der Waals surface area (Å²) < 4.78 is 10.2. The molecule has 76 valence electrons. The van der Waals surface area contributed by atoms with Gasteiger partial charge in [-0.25, -0.2) is 0 Å². The van der Waals surface area contributed by atoms with Crippen LogP contribution in [0.2, 0.25) is 0 Å². The molecule has 1 rings (SSSR count). The van der Waals surface area contributed by atoms with E-state index >= 15 is 0 Å². The number of ether oxygens (including phenoxy) is 2. The lowest BCUT2D eigenvalue weighted by molar-refractivity contribution is -0.153. The third-order valence-corrected chi connectivity index (χ3v) is 2.06. The van der Waals surface area contributed by atoms with Crippen LogP contribution in [0, 0.1) is 0 Å². The van der Waals surface area contributed by atoms with Crippen LogP contribution in [0.15, 0.2) is 0 Å². The van der Waals surface area contributed by atoms with E-state index in [0.717, 1.165) is 12.8 Å². The fourth-order valence-corrected chi connectivity index (χ4v) is 0.957. The number of carbonyl (C=O) groups excluding carboxylic acids is 1. The van der Waals surface area contributed by atoms with Gasteiger partial charge in [0.1, 0.15) is 11.6 Å². The molecule has 0 amide bonds. The van der Waals surface area contributed by atoms with Gasteiger partial charge in [-0.2, -0.15) is 0 Å². The molecule has 0 aromatic heterocycles. The van der Waals surface area contributed by atoms with Crippen LogP contribution in [0.4, 0.5) is 0 Å². The van der Waals surface area contributed by atoms with E-state index in [2.05, 4.69) is 0 Å². The summed E-state index contributed by atoms with van der Waals surface area (Å²) in [5.74, 6) is -0.292. The van der Waals surface area contributed by atoms with E-state index in [1.807, 2.05) is 6.92 Å². The first kappa shape index (κ1) is 10.5. The second-order valence-electron chi connectivity index (χ2n) is 3.53. The zero-order valence-corrected chi connectivity index (χ0v) is 8.21. The summed E-state index contributed by atoms with van der Waals surface area (Å²) in [4.78, 5) is 11.3. The number of nitrogens with two attached hydrogens (primary N) is 1. The molecule has 0 saturated heterocycles. The Labute approximate surface area is 78.4 Å². The van der Waals surface area contributed by atoms with Crippen LogP contribution in [-0.4, -0.2) is 30.8 Å². The highest BCUT2D eigenvalue weighted by atomic mass is 16.6. The Hall–Kier alpha value is -0.610. The average molecular weight is 187 g/mol. The van der Waals surface area contributed by atoms with Crippen molar-refractivity contribution in [3.05, 3.63) is 0 Å². The molecule has 1 aliphatic rings. The Morgan fingerprint density at radius 3 is 2.69 bits per heavy atom. The number of carbonyl (C=O) groups is 1. The van der Waals surface area contributed by atoms with Crippen molar-refractivity contribution in [2.24, 2.45) is 5.73 Å². The van der Waals surface area contributed by atoms with Crippen molar-refractivity contribution in [1.29, 1.82) is 0 Å². The molecule has 0 aromatic rings. The van der Waals surface area contributed by atoms with E-state index in [9.17, 15) is 4.79 Å². The van der Waals surface area contributed by atoms with Crippen LogP contribution in [0.25, 0.3) is 0 Å². The average Bonchev–Trinajstić information content (AvgIpc) is 2.81. The zero-order valence-electron chi connectivity index (χ0n) is 8.21. The zero-order chi connectivity index (χ0) is 9.90. The number of rotatable bonds is 5. The van der Waals surface area contributed by atoms with Crippen molar-refractivity contribution in [2.75, 3.05) is 13.2 Å². The second-order valence-corrected chi connectivity index (χ2v) is 3.53. The normalized spacial score (nSPS) is 20.8. The smallest absolute Gasteiger partial charge is 0.326 e. The van der Waals surface area contributed by atoms with Crippen molar-refractivity contribution in [1.82, 2.24) is 0 Å². The molecule has 1 atom stereocenters. The number of hydrogen-bond donors (Lipinski definition) is 1. The molecule has 1 unspecified atom stereocenters. The lowest BCUT2D eigenvalue weighted by Gasteiger charge is -2.15. The van der Waals surface area contributed by atoms with Crippen molar-refractivity contribution >= 4 is 5.97 Å². The molecule has 0 aromatic carbocycles. The van der Waals surface area contributed by atoms with Gasteiger partial charge in [-0.05, 0) is 26.7 Å². The molecule has 0 heterocycles. The van der Waals surface area contributed by atoms with Crippen LogP contribution < -0.4 is 5.73 Å². The summed E-state index contributed by atoms with van der Waals surface area (Å²) in [5, 5.41) is 0. The first-order valence-electron chi connectivity index (χ1n) is 4.66. The fraction of sp³-hybridized carbons (Fsp3) is 0.889. The maximum Gasteiger partial charge on any atom is 0.326 e. The Morgan fingerprint density at radius 1 is 1.62 bits per heavy atom. The van der Waals surface area contributed by atoms with E-state index in [-0.39, 0.29) is 12.1 Å². The van der Waals surface area contributed by atoms with Crippen molar-refractivity contribution in [3.63, 3.8) is 0 Å². The van der Waals surface area contributed by atoms with Gasteiger partial charge in [0, 0.05) is 6.61 Å². The molecular formula is C9H17NO3. The highest BCUT2D eigenvalue weighted by molar-refractivity contribution is 5.83. The van der Waals surface area contributed by atoms with E-state index in [1.165, 1.54) is 0 Å². The quantitative estimate of drug-likeness (QED) is 0.635.